The Morgan fingerprint density at radius 1 is 1.10 bits per heavy atom. The van der Waals surface area contributed by atoms with Crippen molar-refractivity contribution in [1.29, 1.82) is 0 Å². The van der Waals surface area contributed by atoms with Crippen LogP contribution >= 0.6 is 0 Å². The minimum Gasteiger partial charge on any atom is -0.481 e. The van der Waals surface area contributed by atoms with Crippen LogP contribution in [0.4, 0.5) is 0 Å². The van der Waals surface area contributed by atoms with Gasteiger partial charge in [0.05, 0.1) is 5.92 Å². The van der Waals surface area contributed by atoms with Gasteiger partial charge in [0.15, 0.2) is 0 Å². The molecule has 4 N–H and O–H groups in total. The maximum atomic E-state index is 12.1. The largest absolute Gasteiger partial charge is 0.481 e. The summed E-state index contributed by atoms with van der Waals surface area (Å²) in [7, 11) is 0. The van der Waals surface area contributed by atoms with Crippen LogP contribution in [0.3, 0.4) is 0 Å². The Morgan fingerprint density at radius 3 is 2.29 bits per heavy atom. The highest BCUT2D eigenvalue weighted by Gasteiger charge is 2.26. The number of carbonyl (C=O) groups is 3. The second-order valence-electron chi connectivity index (χ2n) is 5.31. The molecule has 21 heavy (non-hydrogen) atoms. The summed E-state index contributed by atoms with van der Waals surface area (Å²) in [4.78, 5) is 34.1. The van der Waals surface area contributed by atoms with Gasteiger partial charge in [0.1, 0.15) is 0 Å². The van der Waals surface area contributed by atoms with E-state index in [1.54, 1.807) is 18.2 Å². The zero-order chi connectivity index (χ0) is 15.4. The van der Waals surface area contributed by atoms with E-state index in [1.165, 1.54) is 6.07 Å². The van der Waals surface area contributed by atoms with Gasteiger partial charge in [-0.15, -0.1) is 0 Å². The van der Waals surface area contributed by atoms with Crippen molar-refractivity contribution >= 4 is 17.8 Å². The standard InChI is InChI=1S/C15H18N2O4/c16-13(18)10-2-1-3-11(8-10)14(19)17-12-6-4-9(5-7-12)15(20)21/h1-3,8-9,12H,4-7H2,(H2,16,18)(H,17,19)(H,20,21). The summed E-state index contributed by atoms with van der Waals surface area (Å²) in [5.74, 6) is -1.92. The Labute approximate surface area is 122 Å². The zero-order valence-electron chi connectivity index (χ0n) is 11.5. The lowest BCUT2D eigenvalue weighted by Crippen LogP contribution is -2.38. The Hall–Kier alpha value is -2.37. The number of carboxylic acid groups (broad SMARTS) is 1. The van der Waals surface area contributed by atoms with Crippen molar-refractivity contribution in [3.05, 3.63) is 35.4 Å². The molecule has 2 amide bonds. The predicted molar refractivity (Wildman–Crippen MR) is 75.8 cm³/mol. The third kappa shape index (κ3) is 3.81. The number of nitrogens with one attached hydrogen (secondary N) is 1. The molecule has 0 bridgehead atoms. The molecule has 0 saturated heterocycles. The van der Waals surface area contributed by atoms with Gasteiger partial charge in [0, 0.05) is 17.2 Å². The quantitative estimate of drug-likeness (QED) is 0.772. The van der Waals surface area contributed by atoms with Crippen LogP contribution in [0.25, 0.3) is 0 Å². The summed E-state index contributed by atoms with van der Waals surface area (Å²) in [6, 6.07) is 6.21. The first-order valence-electron chi connectivity index (χ1n) is 6.91. The van der Waals surface area contributed by atoms with Crippen molar-refractivity contribution in [3.8, 4) is 0 Å². The van der Waals surface area contributed by atoms with Crippen LogP contribution in [-0.2, 0) is 4.79 Å². The van der Waals surface area contributed by atoms with E-state index >= 15 is 0 Å². The lowest BCUT2D eigenvalue weighted by Gasteiger charge is -2.26. The van der Waals surface area contributed by atoms with E-state index in [0.717, 1.165) is 0 Å². The predicted octanol–water partition coefficient (Wildman–Crippen LogP) is 1.16. The lowest BCUT2D eigenvalue weighted by molar-refractivity contribution is -0.142. The highest BCUT2D eigenvalue weighted by molar-refractivity contribution is 5.99. The smallest absolute Gasteiger partial charge is 0.306 e. The summed E-state index contributed by atoms with van der Waals surface area (Å²) >= 11 is 0. The molecular formula is C15H18N2O4. The van der Waals surface area contributed by atoms with E-state index in [4.69, 9.17) is 10.8 Å². The SMILES string of the molecule is NC(=O)c1cccc(C(=O)NC2CCC(C(=O)O)CC2)c1. The molecule has 1 aromatic rings. The molecule has 0 radical (unpaired) electrons. The zero-order valence-corrected chi connectivity index (χ0v) is 11.5. The van der Waals surface area contributed by atoms with Gasteiger partial charge in [-0.05, 0) is 43.9 Å². The number of carboxylic acids is 1. The third-order valence-electron chi connectivity index (χ3n) is 3.82. The van der Waals surface area contributed by atoms with Crippen LogP contribution in [-0.4, -0.2) is 28.9 Å². The van der Waals surface area contributed by atoms with Gasteiger partial charge in [-0.2, -0.15) is 0 Å². The highest BCUT2D eigenvalue weighted by atomic mass is 16.4. The van der Waals surface area contributed by atoms with Gasteiger partial charge in [0.25, 0.3) is 5.91 Å². The maximum absolute atomic E-state index is 12.1. The molecule has 6 heteroatoms. The fourth-order valence-corrected chi connectivity index (χ4v) is 2.57. The van der Waals surface area contributed by atoms with Crippen LogP contribution < -0.4 is 11.1 Å². The summed E-state index contributed by atoms with van der Waals surface area (Å²) in [6.07, 6.45) is 2.44. The monoisotopic (exact) mass is 290 g/mol. The molecule has 0 aromatic heterocycles. The number of primary amides is 1. The maximum Gasteiger partial charge on any atom is 0.306 e. The van der Waals surface area contributed by atoms with Gasteiger partial charge in [-0.3, -0.25) is 14.4 Å². The summed E-state index contributed by atoms with van der Waals surface area (Å²) in [6.45, 7) is 0. The van der Waals surface area contributed by atoms with Gasteiger partial charge >= 0.3 is 5.97 Å². The van der Waals surface area contributed by atoms with E-state index in [0.29, 0.717) is 31.2 Å². The molecular weight excluding hydrogens is 272 g/mol. The van der Waals surface area contributed by atoms with Gasteiger partial charge in [0.2, 0.25) is 5.91 Å². The normalized spacial score (nSPS) is 21.5. The van der Waals surface area contributed by atoms with E-state index in [9.17, 15) is 14.4 Å². The molecule has 112 valence electrons. The Morgan fingerprint density at radius 2 is 1.71 bits per heavy atom. The van der Waals surface area contributed by atoms with Crippen LogP contribution in [0.15, 0.2) is 24.3 Å². The average molecular weight is 290 g/mol. The number of hydrogen-bond acceptors (Lipinski definition) is 3. The van der Waals surface area contributed by atoms with E-state index < -0.39 is 11.9 Å². The van der Waals surface area contributed by atoms with E-state index in [1.807, 2.05) is 0 Å². The Balaban J connectivity index is 1.95. The molecule has 0 spiro atoms. The molecule has 1 fully saturated rings. The molecule has 1 aromatic carbocycles. The van der Waals surface area contributed by atoms with Crippen molar-refractivity contribution < 1.29 is 19.5 Å². The van der Waals surface area contributed by atoms with Crippen LogP contribution in [0.5, 0.6) is 0 Å². The van der Waals surface area contributed by atoms with Crippen molar-refractivity contribution in [1.82, 2.24) is 5.32 Å². The molecule has 0 aliphatic heterocycles. The van der Waals surface area contributed by atoms with E-state index in [2.05, 4.69) is 5.32 Å². The Kier molecular flexibility index (Phi) is 4.57. The molecule has 1 saturated carbocycles. The molecule has 2 rings (SSSR count). The highest BCUT2D eigenvalue weighted by Crippen LogP contribution is 2.24. The summed E-state index contributed by atoms with van der Waals surface area (Å²) < 4.78 is 0. The van der Waals surface area contributed by atoms with E-state index in [-0.39, 0.29) is 23.4 Å². The van der Waals surface area contributed by atoms with Gasteiger partial charge in [-0.25, -0.2) is 0 Å². The molecule has 6 nitrogen and oxygen atoms in total. The average Bonchev–Trinajstić information content (AvgIpc) is 2.48. The number of nitrogens with two attached hydrogens (primary N) is 1. The van der Waals surface area contributed by atoms with Crippen LogP contribution in [0.2, 0.25) is 0 Å². The fraction of sp³-hybridized carbons (Fsp3) is 0.400. The first-order valence-corrected chi connectivity index (χ1v) is 6.91. The first-order chi connectivity index (χ1) is 9.97. The van der Waals surface area contributed by atoms with Crippen molar-refractivity contribution in [2.45, 2.75) is 31.7 Å². The van der Waals surface area contributed by atoms with Crippen molar-refractivity contribution in [3.63, 3.8) is 0 Å². The van der Waals surface area contributed by atoms with Gasteiger partial charge < -0.3 is 16.2 Å². The third-order valence-corrected chi connectivity index (χ3v) is 3.82. The number of hydrogen-bond donors (Lipinski definition) is 3. The van der Waals surface area contributed by atoms with Gasteiger partial charge in [-0.1, -0.05) is 6.07 Å². The number of rotatable bonds is 4. The second-order valence-corrected chi connectivity index (χ2v) is 5.31. The van der Waals surface area contributed by atoms with Crippen molar-refractivity contribution in [2.75, 3.05) is 0 Å². The summed E-state index contributed by atoms with van der Waals surface area (Å²) in [5.41, 5.74) is 5.85. The second kappa shape index (κ2) is 6.39. The number of benzene rings is 1. The summed E-state index contributed by atoms with van der Waals surface area (Å²) in [5, 5.41) is 11.8. The molecule has 1 aliphatic rings. The topological polar surface area (TPSA) is 109 Å². The lowest BCUT2D eigenvalue weighted by atomic mass is 9.86. The van der Waals surface area contributed by atoms with Crippen molar-refractivity contribution in [2.24, 2.45) is 11.7 Å². The number of carbonyl (C=O) groups excluding carboxylic acids is 2. The minimum atomic E-state index is -0.770. The number of aliphatic carboxylic acids is 1. The molecule has 0 unspecified atom stereocenters. The Bertz CT molecular complexity index is 563. The van der Waals surface area contributed by atoms with Crippen LogP contribution in [0.1, 0.15) is 46.4 Å². The fourth-order valence-electron chi connectivity index (χ4n) is 2.57. The first kappa shape index (κ1) is 15.0. The van der Waals surface area contributed by atoms with Crippen LogP contribution in [0, 0.1) is 5.92 Å². The molecule has 1 aliphatic carbocycles. The molecule has 0 atom stereocenters. The number of amides is 2. The molecule has 0 heterocycles. The minimum absolute atomic E-state index is 0.0228.